The number of piperazine rings is 1. The number of carbonyl (C=O) groups excluding carboxylic acids is 2. The van der Waals surface area contributed by atoms with Gasteiger partial charge in [-0.05, 0) is 36.6 Å². The molecule has 2 aliphatic rings. The van der Waals surface area contributed by atoms with E-state index in [2.05, 4.69) is 36.4 Å². The summed E-state index contributed by atoms with van der Waals surface area (Å²) in [5, 5.41) is 16.1. The molecule has 11 nitrogen and oxygen atoms in total. The molecule has 6 rings (SSSR count). The highest BCUT2D eigenvalue weighted by Gasteiger charge is 2.53. The molecule has 36 heavy (non-hydrogen) atoms. The van der Waals surface area contributed by atoms with Crippen LogP contribution in [0.5, 0.6) is 0 Å². The second-order valence-electron chi connectivity index (χ2n) is 9.12. The lowest BCUT2D eigenvalue weighted by Gasteiger charge is -2.43. The van der Waals surface area contributed by atoms with Crippen molar-refractivity contribution in [2.45, 2.75) is 24.8 Å². The summed E-state index contributed by atoms with van der Waals surface area (Å²) in [6.45, 7) is 1.83. The van der Waals surface area contributed by atoms with E-state index in [4.69, 9.17) is 9.78 Å². The van der Waals surface area contributed by atoms with Crippen molar-refractivity contribution in [2.75, 3.05) is 29.9 Å². The number of H-pyrrole nitrogens is 1. The van der Waals surface area contributed by atoms with Gasteiger partial charge >= 0.3 is 0 Å². The summed E-state index contributed by atoms with van der Waals surface area (Å²) in [6, 6.07) is 12.6. The second kappa shape index (κ2) is 8.49. The number of hydrogen-bond acceptors (Lipinski definition) is 8. The molecule has 2 amide bonds. The highest BCUT2D eigenvalue weighted by Crippen LogP contribution is 2.45. The number of nitrogens with one attached hydrogen (secondary N) is 2. The number of amides is 2. The number of aromatic amines is 1. The Labute approximate surface area is 205 Å². The first-order chi connectivity index (χ1) is 17.5. The summed E-state index contributed by atoms with van der Waals surface area (Å²) in [6.07, 6.45) is 5.35. The van der Waals surface area contributed by atoms with Gasteiger partial charge in [0.1, 0.15) is 11.5 Å². The number of carbonyl (C=O) groups is 2. The molecule has 0 bridgehead atoms. The van der Waals surface area contributed by atoms with E-state index in [9.17, 15) is 9.59 Å². The predicted molar refractivity (Wildman–Crippen MR) is 129 cm³/mol. The zero-order valence-electron chi connectivity index (χ0n) is 19.3. The van der Waals surface area contributed by atoms with E-state index in [1.54, 1.807) is 18.3 Å². The first kappa shape index (κ1) is 21.8. The topological polar surface area (TPSA) is 144 Å². The summed E-state index contributed by atoms with van der Waals surface area (Å²) in [4.78, 5) is 42.0. The van der Waals surface area contributed by atoms with Crippen LogP contribution in [0.1, 0.15) is 34.5 Å². The Kier molecular flexibility index (Phi) is 5.14. The average Bonchev–Trinajstić information content (AvgIpc) is 3.29. The van der Waals surface area contributed by atoms with Gasteiger partial charge in [-0.15, -0.1) is 0 Å². The number of nitrogens with zero attached hydrogens (tertiary/aromatic N) is 6. The maximum atomic E-state index is 13.2. The van der Waals surface area contributed by atoms with Crippen LogP contribution in [0, 0.1) is 11.3 Å². The SMILES string of the molecule is N#Cc1ccc(CC(=O)N2CCN(c3nc(NC(=O)c4ccno4)nc4[nH]ccc34)CC23CC3)cc1. The fourth-order valence-electron chi connectivity index (χ4n) is 4.81. The zero-order valence-corrected chi connectivity index (χ0v) is 19.3. The van der Waals surface area contributed by atoms with Gasteiger partial charge in [-0.25, -0.2) is 0 Å². The monoisotopic (exact) mass is 482 g/mol. The van der Waals surface area contributed by atoms with Gasteiger partial charge in [0.2, 0.25) is 17.6 Å². The Morgan fingerprint density at radius 2 is 1.97 bits per heavy atom. The van der Waals surface area contributed by atoms with Crippen molar-refractivity contribution in [1.82, 2.24) is 25.0 Å². The van der Waals surface area contributed by atoms with E-state index >= 15 is 0 Å². The molecular formula is C25H22N8O3. The minimum absolute atomic E-state index is 0.0676. The Balaban J connectivity index is 1.21. The molecule has 11 heteroatoms. The van der Waals surface area contributed by atoms with E-state index < -0.39 is 5.91 Å². The van der Waals surface area contributed by atoms with E-state index in [0.29, 0.717) is 43.1 Å². The molecule has 1 aliphatic heterocycles. The number of rotatable bonds is 5. The first-order valence-corrected chi connectivity index (χ1v) is 11.7. The van der Waals surface area contributed by atoms with Gasteiger partial charge in [0.15, 0.2) is 0 Å². The van der Waals surface area contributed by atoms with Crippen molar-refractivity contribution < 1.29 is 14.1 Å². The van der Waals surface area contributed by atoms with Gasteiger partial charge in [0.05, 0.1) is 35.2 Å². The summed E-state index contributed by atoms with van der Waals surface area (Å²) in [5.41, 5.74) is 1.86. The molecule has 0 atom stereocenters. The average molecular weight is 483 g/mol. The predicted octanol–water partition coefficient (Wildman–Crippen LogP) is 2.49. The van der Waals surface area contributed by atoms with Crippen molar-refractivity contribution in [2.24, 2.45) is 0 Å². The third-order valence-electron chi connectivity index (χ3n) is 6.80. The van der Waals surface area contributed by atoms with Crippen LogP contribution in [0.4, 0.5) is 11.8 Å². The van der Waals surface area contributed by atoms with Gasteiger partial charge in [-0.3, -0.25) is 14.9 Å². The van der Waals surface area contributed by atoms with Crippen LogP contribution in [0.3, 0.4) is 0 Å². The third kappa shape index (κ3) is 3.92. The highest BCUT2D eigenvalue weighted by atomic mass is 16.5. The minimum atomic E-state index is -0.485. The molecule has 4 aromatic rings. The second-order valence-corrected chi connectivity index (χ2v) is 9.12. The minimum Gasteiger partial charge on any atom is -0.352 e. The standard InChI is InChI=1S/C25H22N8O3/c26-14-17-3-1-16(2-4-17)13-20(34)33-12-11-32(15-25(33)7-8-25)22-18-5-9-27-21(18)29-24(30-22)31-23(35)19-6-10-28-36-19/h1-6,9-10H,7-8,11-13,15H2,(H2,27,29,30,31,35). The quantitative estimate of drug-likeness (QED) is 0.441. The molecule has 3 aromatic heterocycles. The molecule has 1 saturated heterocycles. The summed E-state index contributed by atoms with van der Waals surface area (Å²) < 4.78 is 4.92. The lowest BCUT2D eigenvalue weighted by atomic mass is 10.1. The largest absolute Gasteiger partial charge is 0.352 e. The molecule has 1 aliphatic carbocycles. The molecule has 0 unspecified atom stereocenters. The van der Waals surface area contributed by atoms with Gasteiger partial charge < -0.3 is 19.3 Å². The molecule has 1 spiro atoms. The third-order valence-corrected chi connectivity index (χ3v) is 6.80. The first-order valence-electron chi connectivity index (χ1n) is 11.7. The van der Waals surface area contributed by atoms with Crippen LogP contribution in [-0.2, 0) is 11.2 Å². The number of benzene rings is 1. The van der Waals surface area contributed by atoms with E-state index in [1.165, 1.54) is 12.3 Å². The van der Waals surface area contributed by atoms with Crippen LogP contribution >= 0.6 is 0 Å². The normalized spacial score (nSPS) is 16.2. The van der Waals surface area contributed by atoms with Crippen molar-refractivity contribution in [1.29, 1.82) is 5.26 Å². The van der Waals surface area contributed by atoms with Gasteiger partial charge in [-0.2, -0.15) is 15.2 Å². The molecule has 1 aromatic carbocycles. The van der Waals surface area contributed by atoms with Crippen molar-refractivity contribution in [3.05, 3.63) is 65.7 Å². The lowest BCUT2D eigenvalue weighted by molar-refractivity contribution is -0.134. The maximum absolute atomic E-state index is 13.2. The lowest BCUT2D eigenvalue weighted by Crippen LogP contribution is -2.57. The summed E-state index contributed by atoms with van der Waals surface area (Å²) in [7, 11) is 0. The number of nitriles is 1. The molecule has 180 valence electrons. The molecule has 4 heterocycles. The van der Waals surface area contributed by atoms with Crippen LogP contribution in [-0.4, -0.2) is 62.0 Å². The Hall–Kier alpha value is -4.72. The molecule has 0 radical (unpaired) electrons. The number of anilines is 2. The molecule has 1 saturated carbocycles. The number of aromatic nitrogens is 4. The smallest absolute Gasteiger partial charge is 0.296 e. The summed E-state index contributed by atoms with van der Waals surface area (Å²) in [5.74, 6) is 0.538. The van der Waals surface area contributed by atoms with Gasteiger partial charge in [0.25, 0.3) is 5.91 Å². The Bertz CT molecular complexity index is 1480. The highest BCUT2D eigenvalue weighted by molar-refractivity contribution is 6.02. The summed E-state index contributed by atoms with van der Waals surface area (Å²) >= 11 is 0. The van der Waals surface area contributed by atoms with Crippen LogP contribution in [0.15, 0.2) is 53.3 Å². The van der Waals surface area contributed by atoms with Crippen molar-refractivity contribution in [3.63, 3.8) is 0 Å². The Morgan fingerprint density at radius 3 is 2.69 bits per heavy atom. The van der Waals surface area contributed by atoms with Crippen molar-refractivity contribution in [3.8, 4) is 6.07 Å². The van der Waals surface area contributed by atoms with Crippen LogP contribution in [0.2, 0.25) is 0 Å². The van der Waals surface area contributed by atoms with Crippen LogP contribution in [0.25, 0.3) is 11.0 Å². The fraction of sp³-hybridized carbons (Fsp3) is 0.280. The zero-order chi connectivity index (χ0) is 24.7. The van der Waals surface area contributed by atoms with E-state index in [0.717, 1.165) is 23.8 Å². The van der Waals surface area contributed by atoms with E-state index in [1.807, 2.05) is 23.1 Å². The molecule has 2 N–H and O–H groups in total. The number of hydrogen-bond donors (Lipinski definition) is 2. The van der Waals surface area contributed by atoms with Crippen LogP contribution < -0.4 is 10.2 Å². The number of fused-ring (bicyclic) bond motifs is 1. The maximum Gasteiger partial charge on any atom is 0.296 e. The van der Waals surface area contributed by atoms with Crippen molar-refractivity contribution >= 4 is 34.6 Å². The molecule has 2 fully saturated rings. The molecular weight excluding hydrogens is 460 g/mol. The Morgan fingerprint density at radius 1 is 1.14 bits per heavy atom. The van der Waals surface area contributed by atoms with E-state index in [-0.39, 0.29) is 23.2 Å². The van der Waals surface area contributed by atoms with Gasteiger partial charge in [0, 0.05) is 31.9 Å². The van der Waals surface area contributed by atoms with Gasteiger partial charge in [-0.1, -0.05) is 17.3 Å². The fourth-order valence-corrected chi connectivity index (χ4v) is 4.81.